The Hall–Kier alpha value is -2.01. The van der Waals surface area contributed by atoms with Crippen molar-refractivity contribution in [2.24, 2.45) is 0 Å². The highest BCUT2D eigenvalue weighted by Gasteiger charge is 2.22. The number of hydrogen-bond acceptors (Lipinski definition) is 4. The lowest BCUT2D eigenvalue weighted by Gasteiger charge is -2.11. The van der Waals surface area contributed by atoms with Gasteiger partial charge in [0.05, 0.1) is 16.9 Å². The molecule has 0 saturated carbocycles. The van der Waals surface area contributed by atoms with Crippen LogP contribution in [0, 0.1) is 13.8 Å². The van der Waals surface area contributed by atoms with Crippen molar-refractivity contribution < 1.29 is 18.3 Å². The highest BCUT2D eigenvalue weighted by atomic mass is 32.2. The summed E-state index contributed by atoms with van der Waals surface area (Å²) < 4.78 is 30.4. The van der Waals surface area contributed by atoms with E-state index >= 15 is 0 Å². The van der Waals surface area contributed by atoms with E-state index in [-0.39, 0.29) is 15.5 Å². The normalized spacial score (nSPS) is 11.3. The molecule has 1 N–H and O–H groups in total. The van der Waals surface area contributed by atoms with Crippen LogP contribution in [0.4, 0.5) is 0 Å². The number of ether oxygens (including phenoxy) is 1. The molecule has 5 heteroatoms. The zero-order valence-corrected chi connectivity index (χ0v) is 12.4. The molecule has 0 fully saturated rings. The third kappa shape index (κ3) is 2.49. The number of aromatic hydroxyl groups is 1. The molecule has 106 valence electrons. The molecular weight excluding hydrogens is 276 g/mol. The van der Waals surface area contributed by atoms with Crippen molar-refractivity contribution in [3.63, 3.8) is 0 Å². The molecule has 2 aromatic carbocycles. The summed E-state index contributed by atoms with van der Waals surface area (Å²) in [5, 5.41) is 9.39. The van der Waals surface area contributed by atoms with Gasteiger partial charge in [0, 0.05) is 0 Å². The molecule has 0 aliphatic heterocycles. The van der Waals surface area contributed by atoms with Crippen molar-refractivity contribution in [3.05, 3.63) is 47.5 Å². The quantitative estimate of drug-likeness (QED) is 0.945. The summed E-state index contributed by atoms with van der Waals surface area (Å²) in [4.78, 5) is 0.440. The molecule has 2 aromatic rings. The zero-order chi connectivity index (χ0) is 14.9. The van der Waals surface area contributed by atoms with Gasteiger partial charge in [0.15, 0.2) is 0 Å². The smallest absolute Gasteiger partial charge is 0.207 e. The van der Waals surface area contributed by atoms with E-state index in [2.05, 4.69) is 0 Å². The van der Waals surface area contributed by atoms with Gasteiger partial charge in [-0.1, -0.05) is 0 Å². The fourth-order valence-electron chi connectivity index (χ4n) is 2.10. The highest BCUT2D eigenvalue weighted by molar-refractivity contribution is 7.91. The van der Waals surface area contributed by atoms with Gasteiger partial charge in [-0.05, 0) is 61.4 Å². The van der Waals surface area contributed by atoms with Crippen molar-refractivity contribution in [1.82, 2.24) is 0 Å². The third-order valence-corrected chi connectivity index (χ3v) is 5.19. The Kier molecular flexibility index (Phi) is 3.72. The zero-order valence-electron chi connectivity index (χ0n) is 11.5. The molecule has 0 amide bonds. The van der Waals surface area contributed by atoms with E-state index < -0.39 is 9.84 Å². The van der Waals surface area contributed by atoms with Gasteiger partial charge < -0.3 is 9.84 Å². The minimum Gasteiger partial charge on any atom is -0.508 e. The van der Waals surface area contributed by atoms with E-state index in [4.69, 9.17) is 4.74 Å². The van der Waals surface area contributed by atoms with Crippen LogP contribution in [0.25, 0.3) is 0 Å². The fourth-order valence-corrected chi connectivity index (χ4v) is 3.80. The number of methoxy groups -OCH3 is 1. The predicted octanol–water partition coefficient (Wildman–Crippen LogP) is 2.85. The van der Waals surface area contributed by atoms with Crippen LogP contribution >= 0.6 is 0 Å². The summed E-state index contributed by atoms with van der Waals surface area (Å²) in [5.74, 6) is 0.664. The van der Waals surface area contributed by atoms with E-state index in [1.165, 1.54) is 31.4 Å². The second-order valence-electron chi connectivity index (χ2n) is 4.58. The Morgan fingerprint density at radius 1 is 0.950 bits per heavy atom. The highest BCUT2D eigenvalue weighted by Crippen LogP contribution is 2.29. The van der Waals surface area contributed by atoms with Crippen LogP contribution < -0.4 is 4.74 Å². The minimum absolute atomic E-state index is 0.0490. The number of rotatable bonds is 3. The first kappa shape index (κ1) is 14.4. The molecule has 0 unspecified atom stereocenters. The van der Waals surface area contributed by atoms with Gasteiger partial charge in [-0.2, -0.15) is 0 Å². The summed E-state index contributed by atoms with van der Waals surface area (Å²) in [6.45, 7) is 3.39. The second kappa shape index (κ2) is 5.17. The maximum absolute atomic E-state index is 12.7. The molecule has 0 spiro atoms. The molecule has 0 aliphatic carbocycles. The second-order valence-corrected chi connectivity index (χ2v) is 6.47. The topological polar surface area (TPSA) is 63.6 Å². The monoisotopic (exact) mass is 292 g/mol. The Morgan fingerprint density at radius 3 is 2.00 bits per heavy atom. The first-order valence-electron chi connectivity index (χ1n) is 6.05. The van der Waals surface area contributed by atoms with E-state index in [0.717, 1.165) is 0 Å². The lowest BCUT2D eigenvalue weighted by atomic mass is 10.2. The number of phenols is 1. The van der Waals surface area contributed by atoms with Gasteiger partial charge in [-0.3, -0.25) is 0 Å². The van der Waals surface area contributed by atoms with Gasteiger partial charge in [-0.15, -0.1) is 0 Å². The summed E-state index contributed by atoms with van der Waals surface area (Å²) in [6, 6.07) is 9.07. The molecule has 4 nitrogen and oxygen atoms in total. The summed E-state index contributed by atoms with van der Waals surface area (Å²) in [6.07, 6.45) is 0. The third-order valence-electron chi connectivity index (χ3n) is 3.12. The van der Waals surface area contributed by atoms with Crippen molar-refractivity contribution in [2.45, 2.75) is 23.6 Å². The number of aryl methyl sites for hydroxylation is 2. The molecule has 0 aliphatic rings. The first-order valence-corrected chi connectivity index (χ1v) is 7.54. The van der Waals surface area contributed by atoms with Crippen LogP contribution in [0.15, 0.2) is 46.2 Å². The van der Waals surface area contributed by atoms with Gasteiger partial charge in [0.1, 0.15) is 11.5 Å². The molecular formula is C15H16O4S. The Morgan fingerprint density at radius 2 is 1.50 bits per heavy atom. The van der Waals surface area contributed by atoms with Crippen molar-refractivity contribution in [3.8, 4) is 11.5 Å². The van der Waals surface area contributed by atoms with E-state index in [1.54, 1.807) is 26.0 Å². The maximum Gasteiger partial charge on any atom is 0.207 e. The number of phenolic OH excluding ortho intramolecular Hbond substituents is 1. The van der Waals surface area contributed by atoms with Gasteiger partial charge >= 0.3 is 0 Å². The Balaban J connectivity index is 2.61. The molecule has 20 heavy (non-hydrogen) atoms. The number of sulfone groups is 1. The van der Waals surface area contributed by atoms with E-state index in [0.29, 0.717) is 16.9 Å². The summed E-state index contributed by atoms with van der Waals surface area (Å²) in [7, 11) is -2.07. The molecule has 2 rings (SSSR count). The average Bonchev–Trinajstić information content (AvgIpc) is 2.37. The van der Waals surface area contributed by atoms with Gasteiger partial charge in [0.2, 0.25) is 9.84 Å². The van der Waals surface area contributed by atoms with Crippen molar-refractivity contribution >= 4 is 9.84 Å². The molecule has 0 radical (unpaired) electrons. The molecule has 0 saturated heterocycles. The number of benzene rings is 2. The van der Waals surface area contributed by atoms with E-state index in [1.807, 2.05) is 0 Å². The van der Waals surface area contributed by atoms with Crippen LogP contribution in [-0.2, 0) is 9.84 Å². The summed E-state index contributed by atoms with van der Waals surface area (Å²) >= 11 is 0. The Bertz CT molecular complexity index is 748. The Labute approximate surface area is 118 Å². The van der Waals surface area contributed by atoms with Crippen molar-refractivity contribution in [2.75, 3.05) is 7.11 Å². The van der Waals surface area contributed by atoms with Crippen LogP contribution in [0.2, 0.25) is 0 Å². The fraction of sp³-hybridized carbons (Fsp3) is 0.200. The number of hydrogen-bond donors (Lipinski definition) is 1. The standard InChI is InChI=1S/C15H16O4S/c1-10-8-12(16)4-6-14(10)20(17,18)15-7-5-13(19-3)9-11(15)2/h4-9,16H,1-3H3. The molecule has 0 bridgehead atoms. The largest absolute Gasteiger partial charge is 0.508 e. The first-order chi connectivity index (χ1) is 9.36. The maximum atomic E-state index is 12.7. The summed E-state index contributed by atoms with van der Waals surface area (Å²) in [5.41, 5.74) is 1.14. The SMILES string of the molecule is COc1ccc(S(=O)(=O)c2ccc(O)cc2C)c(C)c1. The molecule has 0 aromatic heterocycles. The predicted molar refractivity (Wildman–Crippen MR) is 76.0 cm³/mol. The van der Waals surface area contributed by atoms with Crippen molar-refractivity contribution in [1.29, 1.82) is 0 Å². The molecule has 0 atom stereocenters. The van der Waals surface area contributed by atoms with Crippen LogP contribution in [-0.4, -0.2) is 20.6 Å². The lowest BCUT2D eigenvalue weighted by molar-refractivity contribution is 0.414. The van der Waals surface area contributed by atoms with Crippen LogP contribution in [0.1, 0.15) is 11.1 Å². The molecule has 0 heterocycles. The van der Waals surface area contributed by atoms with Crippen LogP contribution in [0.3, 0.4) is 0 Å². The minimum atomic E-state index is -3.61. The lowest BCUT2D eigenvalue weighted by Crippen LogP contribution is -2.06. The van der Waals surface area contributed by atoms with E-state index in [9.17, 15) is 13.5 Å². The average molecular weight is 292 g/mol. The van der Waals surface area contributed by atoms with Gasteiger partial charge in [-0.25, -0.2) is 8.42 Å². The van der Waals surface area contributed by atoms with Gasteiger partial charge in [0.25, 0.3) is 0 Å². The van der Waals surface area contributed by atoms with Crippen LogP contribution in [0.5, 0.6) is 11.5 Å².